The van der Waals surface area contributed by atoms with E-state index in [2.05, 4.69) is 37.3 Å². The van der Waals surface area contributed by atoms with Gasteiger partial charge in [-0.25, -0.2) is 0 Å². The molecule has 0 bridgehead atoms. The van der Waals surface area contributed by atoms with Gasteiger partial charge in [-0.05, 0) is 46.7 Å². The highest BCUT2D eigenvalue weighted by Crippen LogP contribution is 2.53. The second-order valence-electron chi connectivity index (χ2n) is 8.32. The first kappa shape index (κ1) is 20.8. The lowest BCUT2D eigenvalue weighted by atomic mass is 9.84. The van der Waals surface area contributed by atoms with Crippen molar-refractivity contribution in [1.82, 2.24) is 0 Å². The highest BCUT2D eigenvalue weighted by Gasteiger charge is 2.50. The van der Waals surface area contributed by atoms with E-state index >= 15 is 0 Å². The fraction of sp³-hybridized carbons (Fsp3) is 0.500. The number of fused-ring (bicyclic) bond motifs is 2. The highest BCUT2D eigenvalue weighted by molar-refractivity contribution is 6.31. The molecular formula is C24H29ClO4. The molecule has 4 atom stereocenters. The Bertz CT molecular complexity index is 866. The molecule has 0 radical (unpaired) electrons. The summed E-state index contributed by atoms with van der Waals surface area (Å²) in [6, 6.07) is 12.7. The van der Waals surface area contributed by atoms with E-state index in [4.69, 9.17) is 21.1 Å². The molecule has 2 N–H and O–H groups in total. The summed E-state index contributed by atoms with van der Waals surface area (Å²) in [6.45, 7) is 2.05. The van der Waals surface area contributed by atoms with Crippen molar-refractivity contribution in [2.75, 3.05) is 13.7 Å². The van der Waals surface area contributed by atoms with Crippen LogP contribution in [0.1, 0.15) is 60.1 Å². The van der Waals surface area contributed by atoms with Crippen molar-refractivity contribution in [1.29, 1.82) is 0 Å². The molecule has 1 spiro atoms. The molecule has 4 unspecified atom stereocenters. The van der Waals surface area contributed by atoms with Gasteiger partial charge in [0.25, 0.3) is 0 Å². The Morgan fingerprint density at radius 1 is 1.17 bits per heavy atom. The Hall–Kier alpha value is -1.43. The van der Waals surface area contributed by atoms with Crippen LogP contribution in [0.5, 0.6) is 0 Å². The van der Waals surface area contributed by atoms with E-state index in [1.54, 1.807) is 7.11 Å². The third kappa shape index (κ3) is 3.97. The molecule has 0 aromatic heterocycles. The monoisotopic (exact) mass is 416 g/mol. The summed E-state index contributed by atoms with van der Waals surface area (Å²) in [4.78, 5) is 0. The molecule has 0 saturated carbocycles. The van der Waals surface area contributed by atoms with E-state index in [0.717, 1.165) is 34.6 Å². The third-order valence-corrected chi connectivity index (χ3v) is 6.73. The minimum atomic E-state index is -0.646. The number of halogens is 1. The van der Waals surface area contributed by atoms with Crippen LogP contribution in [0.2, 0.25) is 5.02 Å². The fourth-order valence-electron chi connectivity index (χ4n) is 4.87. The first-order chi connectivity index (χ1) is 14.0. The molecule has 1 aliphatic carbocycles. The first-order valence-corrected chi connectivity index (χ1v) is 10.8. The smallest absolute Gasteiger partial charge is 0.0992 e. The minimum absolute atomic E-state index is 0.101. The molecule has 1 fully saturated rings. The summed E-state index contributed by atoms with van der Waals surface area (Å²) in [5.41, 5.74) is 4.97. The number of benzene rings is 2. The van der Waals surface area contributed by atoms with Crippen molar-refractivity contribution < 1.29 is 19.7 Å². The summed E-state index contributed by atoms with van der Waals surface area (Å²) >= 11 is 6.66. The maximum absolute atomic E-state index is 10.5. The van der Waals surface area contributed by atoms with Crippen LogP contribution < -0.4 is 0 Å². The topological polar surface area (TPSA) is 58.9 Å². The molecule has 1 saturated heterocycles. The van der Waals surface area contributed by atoms with Crippen LogP contribution in [-0.2, 0) is 27.9 Å². The van der Waals surface area contributed by atoms with Crippen LogP contribution in [0.3, 0.4) is 0 Å². The summed E-state index contributed by atoms with van der Waals surface area (Å²) < 4.78 is 12.1. The van der Waals surface area contributed by atoms with Crippen molar-refractivity contribution in [3.8, 4) is 0 Å². The molecule has 4 rings (SSSR count). The van der Waals surface area contributed by atoms with E-state index in [9.17, 15) is 10.2 Å². The Morgan fingerprint density at radius 2 is 1.90 bits per heavy atom. The quantitative estimate of drug-likeness (QED) is 0.762. The van der Waals surface area contributed by atoms with Gasteiger partial charge in [-0.1, -0.05) is 48.9 Å². The summed E-state index contributed by atoms with van der Waals surface area (Å²) in [7, 11) is 1.69. The highest BCUT2D eigenvalue weighted by atomic mass is 35.5. The lowest BCUT2D eigenvalue weighted by molar-refractivity contribution is -0.185. The number of aliphatic hydroxyl groups is 2. The van der Waals surface area contributed by atoms with Crippen molar-refractivity contribution in [2.24, 2.45) is 0 Å². The molecule has 1 aliphatic heterocycles. The zero-order chi connectivity index (χ0) is 20.6. The maximum Gasteiger partial charge on any atom is 0.0992 e. The van der Waals surface area contributed by atoms with Gasteiger partial charge in [0.2, 0.25) is 0 Å². The van der Waals surface area contributed by atoms with E-state index < -0.39 is 11.7 Å². The van der Waals surface area contributed by atoms with E-state index in [1.807, 2.05) is 6.07 Å². The van der Waals surface area contributed by atoms with Crippen LogP contribution in [-0.4, -0.2) is 36.1 Å². The average molecular weight is 417 g/mol. The SMILES string of the molecule is CCc1ccc(Cc2cc3c(cc2Cl)C(OC)CC32CC(O)CC(CO)O2)cc1. The number of aliphatic hydroxyl groups excluding tert-OH is 2. The summed E-state index contributed by atoms with van der Waals surface area (Å²) in [5.74, 6) is 0. The standard InChI is InChI=1S/C24H29ClO4/c1-3-15-4-6-16(7-5-15)8-17-9-21-20(11-22(17)25)23(28-2)13-24(21)12-18(27)10-19(14-26)29-24/h4-7,9,11,18-19,23,26-27H,3,8,10,12-14H2,1-2H3. The maximum atomic E-state index is 10.5. The Morgan fingerprint density at radius 3 is 2.55 bits per heavy atom. The van der Waals surface area contributed by atoms with Gasteiger partial charge in [-0.2, -0.15) is 0 Å². The van der Waals surface area contributed by atoms with Gasteiger partial charge in [0.05, 0.1) is 30.5 Å². The van der Waals surface area contributed by atoms with Gasteiger partial charge in [-0.3, -0.25) is 0 Å². The van der Waals surface area contributed by atoms with Crippen LogP contribution in [0.4, 0.5) is 0 Å². The number of rotatable bonds is 5. The lowest BCUT2D eigenvalue weighted by Gasteiger charge is -2.41. The first-order valence-electron chi connectivity index (χ1n) is 10.4. The van der Waals surface area contributed by atoms with Crippen LogP contribution in [0, 0.1) is 0 Å². The molecule has 156 valence electrons. The van der Waals surface area contributed by atoms with E-state index in [-0.39, 0.29) is 18.8 Å². The number of hydrogen-bond donors (Lipinski definition) is 2. The zero-order valence-electron chi connectivity index (χ0n) is 17.0. The molecule has 2 aliphatic rings. The minimum Gasteiger partial charge on any atom is -0.394 e. The van der Waals surface area contributed by atoms with Gasteiger partial charge < -0.3 is 19.7 Å². The normalized spacial score (nSPS) is 28.7. The van der Waals surface area contributed by atoms with Crippen LogP contribution in [0.25, 0.3) is 0 Å². The van der Waals surface area contributed by atoms with Crippen LogP contribution >= 0.6 is 11.6 Å². The Labute approximate surface area is 177 Å². The molecule has 4 nitrogen and oxygen atoms in total. The second kappa shape index (κ2) is 8.37. The lowest BCUT2D eigenvalue weighted by Crippen LogP contribution is -2.44. The molecule has 5 heteroatoms. The van der Waals surface area contributed by atoms with Crippen molar-refractivity contribution >= 4 is 11.6 Å². The van der Waals surface area contributed by atoms with Crippen molar-refractivity contribution in [3.05, 3.63) is 69.2 Å². The van der Waals surface area contributed by atoms with E-state index in [1.165, 1.54) is 11.1 Å². The summed E-state index contributed by atoms with van der Waals surface area (Å²) in [5, 5.41) is 20.9. The fourth-order valence-corrected chi connectivity index (χ4v) is 5.11. The summed E-state index contributed by atoms with van der Waals surface area (Å²) in [6.07, 6.45) is 2.32. The van der Waals surface area contributed by atoms with Gasteiger partial charge in [0.1, 0.15) is 0 Å². The predicted octanol–water partition coefficient (Wildman–Crippen LogP) is 4.31. The van der Waals surface area contributed by atoms with Gasteiger partial charge in [0.15, 0.2) is 0 Å². The van der Waals surface area contributed by atoms with Crippen molar-refractivity contribution in [3.63, 3.8) is 0 Å². The average Bonchev–Trinajstić information content (AvgIpc) is 3.00. The number of methoxy groups -OCH3 is 1. The number of hydrogen-bond acceptors (Lipinski definition) is 4. The van der Waals surface area contributed by atoms with Gasteiger partial charge in [0, 0.05) is 31.4 Å². The zero-order valence-corrected chi connectivity index (χ0v) is 17.8. The van der Waals surface area contributed by atoms with Gasteiger partial charge >= 0.3 is 0 Å². The third-order valence-electron chi connectivity index (χ3n) is 6.38. The molecule has 29 heavy (non-hydrogen) atoms. The van der Waals surface area contributed by atoms with Gasteiger partial charge in [-0.15, -0.1) is 0 Å². The largest absolute Gasteiger partial charge is 0.394 e. The second-order valence-corrected chi connectivity index (χ2v) is 8.72. The molecule has 2 aromatic rings. The Kier molecular flexibility index (Phi) is 6.01. The molecule has 1 heterocycles. The van der Waals surface area contributed by atoms with Crippen molar-refractivity contribution in [2.45, 2.75) is 62.9 Å². The predicted molar refractivity (Wildman–Crippen MR) is 113 cm³/mol. The molecular weight excluding hydrogens is 388 g/mol. The van der Waals surface area contributed by atoms with Crippen LogP contribution in [0.15, 0.2) is 36.4 Å². The Balaban J connectivity index is 1.72. The number of aryl methyl sites for hydroxylation is 1. The molecule has 2 aromatic carbocycles. The molecule has 0 amide bonds. The number of ether oxygens (including phenoxy) is 2. The van der Waals surface area contributed by atoms with E-state index in [0.29, 0.717) is 19.3 Å².